The van der Waals surface area contributed by atoms with Crippen molar-refractivity contribution >= 4 is 16.6 Å². The highest BCUT2D eigenvalue weighted by Gasteiger charge is 2.04. The van der Waals surface area contributed by atoms with E-state index in [1.165, 1.54) is 0 Å². The van der Waals surface area contributed by atoms with Gasteiger partial charge < -0.3 is 15.5 Å². The van der Waals surface area contributed by atoms with Gasteiger partial charge in [-0.1, -0.05) is 0 Å². The zero-order valence-corrected chi connectivity index (χ0v) is 6.66. The highest BCUT2D eigenvalue weighted by molar-refractivity contribution is 5.93. The molecule has 62 valence electrons. The monoisotopic (exact) mass is 163 g/mol. The Balaban J connectivity index is 2.81. The van der Waals surface area contributed by atoms with Crippen LogP contribution in [0.5, 0.6) is 5.75 Å². The van der Waals surface area contributed by atoms with Gasteiger partial charge in [0, 0.05) is 17.8 Å². The van der Waals surface area contributed by atoms with E-state index in [4.69, 9.17) is 10.5 Å². The van der Waals surface area contributed by atoms with Crippen LogP contribution in [0.1, 0.15) is 0 Å². The van der Waals surface area contributed by atoms with Gasteiger partial charge in [-0.05, 0) is 0 Å². The van der Waals surface area contributed by atoms with E-state index in [9.17, 15) is 0 Å². The highest BCUT2D eigenvalue weighted by atomic mass is 16.5. The molecular weight excluding hydrogens is 154 g/mol. The molecule has 0 aliphatic rings. The number of nitrogen functional groups attached to an aromatic ring is 1. The van der Waals surface area contributed by atoms with E-state index in [-0.39, 0.29) is 0 Å². The fourth-order valence-corrected chi connectivity index (χ4v) is 1.19. The van der Waals surface area contributed by atoms with E-state index in [2.05, 4.69) is 9.97 Å². The lowest BCUT2D eigenvalue weighted by molar-refractivity contribution is 0.417. The minimum absolute atomic E-state index is 0.691. The first-order chi connectivity index (χ1) is 5.83. The molecule has 2 rings (SSSR count). The summed E-state index contributed by atoms with van der Waals surface area (Å²) < 4.78 is 5.09. The van der Waals surface area contributed by atoms with Gasteiger partial charge in [-0.15, -0.1) is 0 Å². The topological polar surface area (TPSA) is 63.9 Å². The smallest absolute Gasteiger partial charge is 0.161 e. The molecule has 0 aliphatic heterocycles. The van der Waals surface area contributed by atoms with Gasteiger partial charge in [0.05, 0.1) is 24.5 Å². The van der Waals surface area contributed by atoms with E-state index >= 15 is 0 Å². The second kappa shape index (κ2) is 2.41. The Labute approximate surface area is 69.4 Å². The number of aromatic nitrogens is 2. The molecule has 12 heavy (non-hydrogen) atoms. The number of nitrogens with one attached hydrogen (secondary N) is 1. The minimum atomic E-state index is 0.691. The lowest BCUT2D eigenvalue weighted by Gasteiger charge is -1.99. The molecule has 3 N–H and O–H groups in total. The van der Waals surface area contributed by atoms with Crippen molar-refractivity contribution in [3.05, 3.63) is 18.6 Å². The third-order valence-electron chi connectivity index (χ3n) is 1.81. The molecule has 0 fully saturated rings. The molecule has 0 bridgehead atoms. The molecule has 0 saturated carbocycles. The van der Waals surface area contributed by atoms with Crippen LogP contribution in [-0.2, 0) is 0 Å². The number of pyridine rings is 1. The van der Waals surface area contributed by atoms with Crippen molar-refractivity contribution in [1.82, 2.24) is 9.97 Å². The van der Waals surface area contributed by atoms with Crippen molar-refractivity contribution in [2.45, 2.75) is 0 Å². The van der Waals surface area contributed by atoms with Crippen molar-refractivity contribution in [3.8, 4) is 5.75 Å². The minimum Gasteiger partial charge on any atom is -0.493 e. The Kier molecular flexibility index (Phi) is 1.40. The maximum atomic E-state index is 5.67. The van der Waals surface area contributed by atoms with Gasteiger partial charge in [-0.3, -0.25) is 4.98 Å². The van der Waals surface area contributed by atoms with E-state index in [1.54, 1.807) is 25.7 Å². The molecule has 0 radical (unpaired) electrons. The van der Waals surface area contributed by atoms with Gasteiger partial charge in [0.2, 0.25) is 0 Å². The summed E-state index contributed by atoms with van der Waals surface area (Å²) in [6.45, 7) is 0. The van der Waals surface area contributed by atoms with Crippen LogP contribution < -0.4 is 10.5 Å². The summed E-state index contributed by atoms with van der Waals surface area (Å²) in [6, 6.07) is 0. The molecule has 2 heterocycles. The second-order valence-electron chi connectivity index (χ2n) is 2.51. The Hall–Kier alpha value is -1.71. The Morgan fingerprint density at radius 1 is 1.50 bits per heavy atom. The Morgan fingerprint density at radius 2 is 2.33 bits per heavy atom. The van der Waals surface area contributed by atoms with Crippen LogP contribution in [0.3, 0.4) is 0 Å². The number of ether oxygens (including phenoxy) is 1. The zero-order valence-electron chi connectivity index (χ0n) is 6.66. The number of nitrogens with zero attached hydrogens (tertiary/aromatic N) is 1. The van der Waals surface area contributed by atoms with E-state index in [1.807, 2.05) is 0 Å². The van der Waals surface area contributed by atoms with Gasteiger partial charge >= 0.3 is 0 Å². The Bertz CT molecular complexity index is 408. The van der Waals surface area contributed by atoms with Crippen LogP contribution in [0.2, 0.25) is 0 Å². The molecule has 4 heteroatoms. The summed E-state index contributed by atoms with van der Waals surface area (Å²) in [5.41, 5.74) is 7.26. The molecule has 0 amide bonds. The molecule has 0 aliphatic carbocycles. The molecule has 2 aromatic heterocycles. The number of hydrogen-bond donors (Lipinski definition) is 2. The predicted molar refractivity (Wildman–Crippen MR) is 47.1 cm³/mol. The summed E-state index contributed by atoms with van der Waals surface area (Å²) in [5, 5.41) is 0.898. The largest absolute Gasteiger partial charge is 0.493 e. The van der Waals surface area contributed by atoms with Crippen molar-refractivity contribution in [1.29, 1.82) is 0 Å². The van der Waals surface area contributed by atoms with Crippen LogP contribution in [-0.4, -0.2) is 17.1 Å². The van der Waals surface area contributed by atoms with Crippen LogP contribution in [0.15, 0.2) is 18.6 Å². The van der Waals surface area contributed by atoms with E-state index in [0.29, 0.717) is 11.4 Å². The van der Waals surface area contributed by atoms with Crippen molar-refractivity contribution in [2.24, 2.45) is 0 Å². The SMILES string of the molecule is COc1cncc2c(N)c[nH]c12. The number of anilines is 1. The first-order valence-corrected chi connectivity index (χ1v) is 3.57. The first-order valence-electron chi connectivity index (χ1n) is 3.57. The standard InChI is InChI=1S/C8H9N3O/c1-12-7-4-10-2-5-6(9)3-11-8(5)7/h2-4,11H,9H2,1H3. The summed E-state index contributed by atoms with van der Waals surface area (Å²) >= 11 is 0. The van der Waals surface area contributed by atoms with Gasteiger partial charge in [0.1, 0.15) is 0 Å². The molecule has 2 aromatic rings. The van der Waals surface area contributed by atoms with Gasteiger partial charge in [0.15, 0.2) is 5.75 Å². The van der Waals surface area contributed by atoms with Crippen LogP contribution in [0.25, 0.3) is 10.9 Å². The average molecular weight is 163 g/mol. The normalized spacial score (nSPS) is 10.4. The number of aromatic amines is 1. The molecule has 0 unspecified atom stereocenters. The summed E-state index contributed by atoms with van der Waals surface area (Å²) in [4.78, 5) is 7.01. The third kappa shape index (κ3) is 0.812. The second-order valence-corrected chi connectivity index (χ2v) is 2.51. The molecule has 0 spiro atoms. The Morgan fingerprint density at radius 3 is 3.08 bits per heavy atom. The van der Waals surface area contributed by atoms with E-state index < -0.39 is 0 Å². The zero-order chi connectivity index (χ0) is 8.55. The van der Waals surface area contributed by atoms with Crippen molar-refractivity contribution in [2.75, 3.05) is 12.8 Å². The first kappa shape index (κ1) is 6.97. The maximum Gasteiger partial charge on any atom is 0.161 e. The predicted octanol–water partition coefficient (Wildman–Crippen LogP) is 1.15. The third-order valence-corrected chi connectivity index (χ3v) is 1.81. The van der Waals surface area contributed by atoms with Gasteiger partial charge in [-0.25, -0.2) is 0 Å². The number of H-pyrrole nitrogens is 1. The number of hydrogen-bond acceptors (Lipinski definition) is 3. The molecular formula is C8H9N3O. The number of methoxy groups -OCH3 is 1. The molecule has 0 atom stereocenters. The number of fused-ring (bicyclic) bond motifs is 1. The summed E-state index contributed by atoms with van der Waals surface area (Å²) in [5.74, 6) is 0.712. The van der Waals surface area contributed by atoms with Gasteiger partial charge in [0.25, 0.3) is 0 Å². The van der Waals surface area contributed by atoms with Crippen molar-refractivity contribution < 1.29 is 4.74 Å². The summed E-state index contributed by atoms with van der Waals surface area (Å²) in [6.07, 6.45) is 5.09. The van der Waals surface area contributed by atoms with Crippen LogP contribution in [0.4, 0.5) is 5.69 Å². The van der Waals surface area contributed by atoms with E-state index in [0.717, 1.165) is 10.9 Å². The van der Waals surface area contributed by atoms with Crippen LogP contribution >= 0.6 is 0 Å². The fourth-order valence-electron chi connectivity index (χ4n) is 1.19. The maximum absolute atomic E-state index is 5.67. The quantitative estimate of drug-likeness (QED) is 0.662. The lowest BCUT2D eigenvalue weighted by atomic mass is 10.3. The molecule has 4 nitrogen and oxygen atoms in total. The average Bonchev–Trinajstić information content (AvgIpc) is 2.48. The number of rotatable bonds is 1. The highest BCUT2D eigenvalue weighted by Crippen LogP contribution is 2.26. The fraction of sp³-hybridized carbons (Fsp3) is 0.125. The summed E-state index contributed by atoms with van der Waals surface area (Å²) in [7, 11) is 1.60. The van der Waals surface area contributed by atoms with Crippen molar-refractivity contribution in [3.63, 3.8) is 0 Å². The van der Waals surface area contributed by atoms with Crippen LogP contribution in [0, 0.1) is 0 Å². The molecule has 0 aromatic carbocycles. The van der Waals surface area contributed by atoms with Gasteiger partial charge in [-0.2, -0.15) is 0 Å². The lowest BCUT2D eigenvalue weighted by Crippen LogP contribution is -1.86. The number of nitrogens with two attached hydrogens (primary N) is 1. The molecule has 0 saturated heterocycles.